The van der Waals surface area contributed by atoms with Crippen LogP contribution in [0.1, 0.15) is 58.9 Å². The summed E-state index contributed by atoms with van der Waals surface area (Å²) in [5.74, 6) is -0.594. The van der Waals surface area contributed by atoms with E-state index in [1.165, 1.54) is 0 Å². The van der Waals surface area contributed by atoms with Crippen molar-refractivity contribution in [3.8, 4) is 11.1 Å². The molecule has 1 aromatic heterocycles. The van der Waals surface area contributed by atoms with Gasteiger partial charge in [0.15, 0.2) is 5.69 Å². The van der Waals surface area contributed by atoms with Crippen molar-refractivity contribution in [3.05, 3.63) is 71.2 Å². The van der Waals surface area contributed by atoms with Crippen molar-refractivity contribution in [2.75, 3.05) is 6.61 Å². The zero-order valence-corrected chi connectivity index (χ0v) is 18.6. The van der Waals surface area contributed by atoms with Crippen molar-refractivity contribution < 1.29 is 19.4 Å². The number of benzene rings is 2. The second kappa shape index (κ2) is 10.3. The molecule has 6 nitrogen and oxygen atoms in total. The number of ether oxygens (including phenoxy) is 1. The van der Waals surface area contributed by atoms with Gasteiger partial charge in [-0.1, -0.05) is 55.8 Å². The molecule has 31 heavy (non-hydrogen) atoms. The number of aryl methyl sites for hydroxylation is 1. The fourth-order valence-corrected chi connectivity index (χ4v) is 3.80. The summed E-state index contributed by atoms with van der Waals surface area (Å²) in [7, 11) is 0. The Morgan fingerprint density at radius 1 is 1.10 bits per heavy atom. The van der Waals surface area contributed by atoms with Crippen molar-refractivity contribution in [3.63, 3.8) is 0 Å². The molecule has 0 bridgehead atoms. The van der Waals surface area contributed by atoms with E-state index in [1.807, 2.05) is 34.9 Å². The molecule has 3 aromatic rings. The van der Waals surface area contributed by atoms with E-state index >= 15 is 0 Å². The van der Waals surface area contributed by atoms with Crippen LogP contribution in [0.25, 0.3) is 11.1 Å². The number of hydrogen-bond donors (Lipinski definition) is 2. The number of imidazole rings is 1. The van der Waals surface area contributed by atoms with Gasteiger partial charge >= 0.3 is 11.9 Å². The number of unbranched alkanes of at least 4 members (excludes halogenated alkanes) is 1. The minimum Gasteiger partial charge on any atom is -0.478 e. The first-order chi connectivity index (χ1) is 15.0. The number of rotatable bonds is 9. The van der Waals surface area contributed by atoms with E-state index in [0.29, 0.717) is 22.8 Å². The first-order valence-corrected chi connectivity index (χ1v) is 10.8. The van der Waals surface area contributed by atoms with Gasteiger partial charge in [-0.2, -0.15) is 0 Å². The maximum Gasteiger partial charge on any atom is 0.357 e. The van der Waals surface area contributed by atoms with Crippen LogP contribution in [-0.2, 0) is 17.7 Å². The molecule has 0 atom stereocenters. The van der Waals surface area contributed by atoms with Gasteiger partial charge < -0.3 is 14.4 Å². The molecule has 0 amide bonds. The van der Waals surface area contributed by atoms with Gasteiger partial charge in [0.1, 0.15) is 10.9 Å². The normalized spacial score (nSPS) is 10.8. The van der Waals surface area contributed by atoms with Gasteiger partial charge in [-0.3, -0.25) is 0 Å². The lowest BCUT2D eigenvalue weighted by Crippen LogP contribution is -2.15. The molecule has 0 radical (unpaired) electrons. The zero-order valence-electron chi connectivity index (χ0n) is 17.7. The molecule has 0 saturated heterocycles. The Morgan fingerprint density at radius 2 is 1.81 bits per heavy atom. The van der Waals surface area contributed by atoms with E-state index < -0.39 is 11.9 Å². The van der Waals surface area contributed by atoms with Gasteiger partial charge in [0, 0.05) is 13.0 Å². The largest absolute Gasteiger partial charge is 0.478 e. The summed E-state index contributed by atoms with van der Waals surface area (Å²) < 4.78 is 7.08. The smallest absolute Gasteiger partial charge is 0.357 e. The SMILES string of the molecule is CCCCc1nc(S)c(C(=O)OCC)n1Cc1ccc(-c2ccccc2C(=O)O)cc1. The number of carboxylic acids is 1. The van der Waals surface area contributed by atoms with Crippen molar-refractivity contribution in [1.29, 1.82) is 0 Å². The fourth-order valence-electron chi connectivity index (χ4n) is 3.48. The van der Waals surface area contributed by atoms with Crippen molar-refractivity contribution in [1.82, 2.24) is 9.55 Å². The molecule has 0 saturated carbocycles. The number of hydrogen-bond acceptors (Lipinski definition) is 5. The molecular weight excluding hydrogens is 412 g/mol. The predicted octanol–water partition coefficient (Wildman–Crippen LogP) is 5.10. The first-order valence-electron chi connectivity index (χ1n) is 10.3. The van der Waals surface area contributed by atoms with Crippen molar-refractivity contribution in [2.24, 2.45) is 0 Å². The monoisotopic (exact) mass is 438 g/mol. The van der Waals surface area contributed by atoms with Gasteiger partial charge in [0.25, 0.3) is 0 Å². The second-order valence-electron chi connectivity index (χ2n) is 7.16. The molecule has 0 aliphatic rings. The Bertz CT molecular complexity index is 1070. The van der Waals surface area contributed by atoms with Gasteiger partial charge in [0.2, 0.25) is 0 Å². The number of thiol groups is 1. The number of esters is 1. The molecule has 2 aromatic carbocycles. The predicted molar refractivity (Wildman–Crippen MR) is 122 cm³/mol. The maximum absolute atomic E-state index is 12.5. The Morgan fingerprint density at radius 3 is 2.45 bits per heavy atom. The minimum atomic E-state index is -0.959. The van der Waals surface area contributed by atoms with Crippen molar-refractivity contribution >= 4 is 24.6 Å². The van der Waals surface area contributed by atoms with Gasteiger partial charge in [-0.05, 0) is 36.1 Å². The van der Waals surface area contributed by atoms with E-state index in [2.05, 4.69) is 24.5 Å². The topological polar surface area (TPSA) is 81.4 Å². The number of aromatic nitrogens is 2. The molecule has 1 heterocycles. The highest BCUT2D eigenvalue weighted by Gasteiger charge is 2.22. The third-order valence-electron chi connectivity index (χ3n) is 5.01. The molecule has 0 aliphatic heterocycles. The van der Waals surface area contributed by atoms with Crippen molar-refractivity contribution in [2.45, 2.75) is 44.7 Å². The highest BCUT2D eigenvalue weighted by atomic mass is 32.1. The summed E-state index contributed by atoms with van der Waals surface area (Å²) in [6, 6.07) is 14.6. The van der Waals surface area contributed by atoms with Crippen LogP contribution in [-0.4, -0.2) is 33.2 Å². The minimum absolute atomic E-state index is 0.260. The highest BCUT2D eigenvalue weighted by Crippen LogP contribution is 2.25. The number of aromatic carboxylic acids is 1. The number of carbonyl (C=O) groups excluding carboxylic acids is 1. The molecule has 0 fully saturated rings. The van der Waals surface area contributed by atoms with Crippen LogP contribution < -0.4 is 0 Å². The average Bonchev–Trinajstić information content (AvgIpc) is 3.07. The van der Waals surface area contributed by atoms with Gasteiger partial charge in [0.05, 0.1) is 12.2 Å². The summed E-state index contributed by atoms with van der Waals surface area (Å²) in [6.07, 6.45) is 2.71. The third kappa shape index (κ3) is 5.17. The number of nitrogens with zero attached hydrogens (tertiary/aromatic N) is 2. The molecular formula is C24H26N2O4S. The summed E-state index contributed by atoms with van der Waals surface area (Å²) in [4.78, 5) is 28.5. The fraction of sp³-hybridized carbons (Fsp3) is 0.292. The maximum atomic E-state index is 12.5. The first kappa shape index (κ1) is 22.6. The Labute approximate surface area is 187 Å². The summed E-state index contributed by atoms with van der Waals surface area (Å²) in [5, 5.41) is 9.82. The highest BCUT2D eigenvalue weighted by molar-refractivity contribution is 7.80. The van der Waals surface area contributed by atoms with Crippen LogP contribution in [0.4, 0.5) is 0 Å². The lowest BCUT2D eigenvalue weighted by atomic mass is 9.99. The molecule has 0 aliphatic carbocycles. The number of carbonyl (C=O) groups is 2. The molecule has 7 heteroatoms. The lowest BCUT2D eigenvalue weighted by Gasteiger charge is -2.13. The van der Waals surface area contributed by atoms with E-state index in [9.17, 15) is 14.7 Å². The molecule has 162 valence electrons. The van der Waals surface area contributed by atoms with Crippen LogP contribution in [0.15, 0.2) is 53.6 Å². The van der Waals surface area contributed by atoms with Crippen LogP contribution >= 0.6 is 12.6 Å². The van der Waals surface area contributed by atoms with Crippen LogP contribution in [0.2, 0.25) is 0 Å². The number of carboxylic acid groups (broad SMARTS) is 1. The Hall–Kier alpha value is -3.06. The molecule has 3 rings (SSSR count). The molecule has 0 unspecified atom stereocenters. The van der Waals surface area contributed by atoms with E-state index in [4.69, 9.17) is 4.74 Å². The molecule has 1 N–H and O–H groups in total. The van der Waals surface area contributed by atoms with E-state index in [-0.39, 0.29) is 12.2 Å². The summed E-state index contributed by atoms with van der Waals surface area (Å²) in [6.45, 7) is 4.60. The average molecular weight is 439 g/mol. The Balaban J connectivity index is 1.94. The van der Waals surface area contributed by atoms with Crippen LogP contribution in [0, 0.1) is 0 Å². The lowest BCUT2D eigenvalue weighted by molar-refractivity contribution is 0.0509. The van der Waals surface area contributed by atoms with Gasteiger partial charge in [-0.15, -0.1) is 12.6 Å². The summed E-state index contributed by atoms with van der Waals surface area (Å²) >= 11 is 4.42. The van der Waals surface area contributed by atoms with Crippen LogP contribution in [0.5, 0.6) is 0 Å². The van der Waals surface area contributed by atoms with Gasteiger partial charge in [-0.25, -0.2) is 14.6 Å². The second-order valence-corrected chi connectivity index (χ2v) is 7.58. The zero-order chi connectivity index (χ0) is 22.4. The van der Waals surface area contributed by atoms with E-state index in [1.54, 1.807) is 25.1 Å². The third-order valence-corrected chi connectivity index (χ3v) is 5.33. The molecule has 0 spiro atoms. The quantitative estimate of drug-likeness (QED) is 0.359. The summed E-state index contributed by atoms with van der Waals surface area (Å²) in [5.41, 5.74) is 3.06. The standard InChI is InChI=1S/C24H26N2O4S/c1-3-5-10-20-25-22(31)21(24(29)30-4-2)26(20)15-16-11-13-17(14-12-16)18-8-6-7-9-19(18)23(27)28/h6-9,11-14,31H,3-5,10,15H2,1-2H3,(H,27,28). The Kier molecular flexibility index (Phi) is 7.52. The van der Waals surface area contributed by atoms with Crippen LogP contribution in [0.3, 0.4) is 0 Å². The van der Waals surface area contributed by atoms with E-state index in [0.717, 1.165) is 36.2 Å².